The topological polar surface area (TPSA) is 131 Å². The molecule has 0 spiro atoms. The highest BCUT2D eigenvalue weighted by Gasteiger charge is 2.12. The molecule has 0 unspecified atom stereocenters. The Kier molecular flexibility index (Phi) is 6.46. The Balaban J connectivity index is 1.40. The molecule has 0 saturated carbocycles. The minimum absolute atomic E-state index is 0.108. The summed E-state index contributed by atoms with van der Waals surface area (Å²) < 4.78 is 6.27. The number of benzene rings is 3. The third-order valence-corrected chi connectivity index (χ3v) is 4.68. The molecule has 0 aliphatic rings. The van der Waals surface area contributed by atoms with E-state index in [1.54, 1.807) is 24.3 Å². The van der Waals surface area contributed by atoms with Crippen LogP contribution in [-0.4, -0.2) is 32.2 Å². The number of carbonyl (C=O) groups is 2. The molecule has 0 saturated heterocycles. The summed E-state index contributed by atoms with van der Waals surface area (Å²) in [5, 5.41) is 14.8. The van der Waals surface area contributed by atoms with Crippen molar-refractivity contribution in [2.75, 3.05) is 10.6 Å². The number of nitrogens with one attached hydrogen (secondary N) is 3. The molecule has 2 amide bonds. The largest absolute Gasteiger partial charge is 0.444 e. The lowest BCUT2D eigenvalue weighted by molar-refractivity contribution is 0.102. The van der Waals surface area contributed by atoms with Gasteiger partial charge in [-0.1, -0.05) is 41.9 Å². The van der Waals surface area contributed by atoms with Gasteiger partial charge in [0.05, 0.1) is 5.69 Å². The number of anilines is 2. The second-order valence-electron chi connectivity index (χ2n) is 6.83. The van der Waals surface area contributed by atoms with Crippen molar-refractivity contribution in [2.45, 2.75) is 6.61 Å². The summed E-state index contributed by atoms with van der Waals surface area (Å²) in [4.78, 5) is 36.4. The maximum Gasteiger partial charge on any atom is 0.411 e. The Bertz CT molecular complexity index is 1340. The number of aromatic nitrogens is 4. The average molecular weight is 465 g/mol. The molecule has 0 fully saturated rings. The fourth-order valence-corrected chi connectivity index (χ4v) is 3.16. The number of H-pyrrole nitrogens is 1. The van der Waals surface area contributed by atoms with Gasteiger partial charge in [-0.25, -0.2) is 14.7 Å². The number of carbonyl (C=O) groups excluding carboxylic acids is 2. The van der Waals surface area contributed by atoms with Crippen LogP contribution in [0.15, 0.2) is 77.6 Å². The van der Waals surface area contributed by atoms with E-state index in [9.17, 15) is 14.4 Å². The van der Waals surface area contributed by atoms with Crippen LogP contribution in [0.2, 0.25) is 5.02 Å². The first-order valence-electron chi connectivity index (χ1n) is 9.68. The Labute approximate surface area is 192 Å². The van der Waals surface area contributed by atoms with Gasteiger partial charge in [0.15, 0.2) is 0 Å². The maximum atomic E-state index is 12.7. The third kappa shape index (κ3) is 5.63. The molecule has 1 heterocycles. The van der Waals surface area contributed by atoms with Gasteiger partial charge in [0.1, 0.15) is 6.61 Å². The molecule has 0 bridgehead atoms. The number of hydrogen-bond donors (Lipinski definition) is 3. The highest BCUT2D eigenvalue weighted by molar-refractivity contribution is 6.31. The second-order valence-corrected chi connectivity index (χ2v) is 7.27. The average Bonchev–Trinajstić information content (AvgIpc) is 3.24. The standard InChI is InChI=1S/C22H17ClN6O4/c23-16-10-15(11-18(12-16)25-22(32)33-13-14-4-2-1-3-5-14)20(30)24-17-6-8-19(9-7-17)29-21(31)26-27-28-29/h1-12H,13H2,(H,24,30)(H,25,32)(H,26,28,31). The number of amides is 2. The summed E-state index contributed by atoms with van der Waals surface area (Å²) in [6.45, 7) is 0.108. The van der Waals surface area contributed by atoms with Crippen molar-refractivity contribution in [3.63, 3.8) is 0 Å². The monoisotopic (exact) mass is 464 g/mol. The number of tetrazole rings is 1. The van der Waals surface area contributed by atoms with Gasteiger partial charge in [0.25, 0.3) is 5.91 Å². The van der Waals surface area contributed by atoms with Gasteiger partial charge < -0.3 is 10.1 Å². The van der Waals surface area contributed by atoms with Crippen LogP contribution in [-0.2, 0) is 11.3 Å². The lowest BCUT2D eigenvalue weighted by atomic mass is 10.1. The quantitative estimate of drug-likeness (QED) is 0.399. The van der Waals surface area contributed by atoms with Crippen LogP contribution >= 0.6 is 11.6 Å². The van der Waals surface area contributed by atoms with Crippen molar-refractivity contribution in [2.24, 2.45) is 0 Å². The van der Waals surface area contributed by atoms with E-state index in [1.807, 2.05) is 30.3 Å². The minimum Gasteiger partial charge on any atom is -0.444 e. The summed E-state index contributed by atoms with van der Waals surface area (Å²) in [7, 11) is 0. The van der Waals surface area contributed by atoms with Gasteiger partial charge in [-0.15, -0.1) is 0 Å². The minimum atomic E-state index is -0.675. The van der Waals surface area contributed by atoms with Gasteiger partial charge in [-0.05, 0) is 58.5 Å². The van der Waals surface area contributed by atoms with Gasteiger partial charge in [0, 0.05) is 22.0 Å². The van der Waals surface area contributed by atoms with Crippen LogP contribution in [0.3, 0.4) is 0 Å². The number of aromatic amines is 1. The molecule has 11 heteroatoms. The highest BCUT2D eigenvalue weighted by Crippen LogP contribution is 2.21. The summed E-state index contributed by atoms with van der Waals surface area (Å²) in [5.41, 5.74) is 1.88. The summed E-state index contributed by atoms with van der Waals surface area (Å²) >= 11 is 6.13. The van der Waals surface area contributed by atoms with Crippen molar-refractivity contribution >= 4 is 35.0 Å². The predicted octanol–water partition coefficient (Wildman–Crippen LogP) is 3.61. The van der Waals surface area contributed by atoms with Crippen LogP contribution in [0.25, 0.3) is 5.69 Å². The molecule has 33 heavy (non-hydrogen) atoms. The van der Waals surface area contributed by atoms with Crippen molar-refractivity contribution in [1.29, 1.82) is 0 Å². The van der Waals surface area contributed by atoms with Gasteiger partial charge in [-0.3, -0.25) is 10.1 Å². The number of hydrogen-bond acceptors (Lipinski definition) is 6. The molecule has 1 aromatic heterocycles. The number of nitrogens with zero attached hydrogens (tertiary/aromatic N) is 3. The van der Waals surface area contributed by atoms with Crippen LogP contribution in [0.4, 0.5) is 16.2 Å². The normalized spacial score (nSPS) is 10.5. The number of ether oxygens (including phenoxy) is 1. The molecule has 0 aliphatic carbocycles. The van der Waals surface area contributed by atoms with E-state index >= 15 is 0 Å². The summed E-state index contributed by atoms with van der Waals surface area (Å²) in [6, 6.07) is 20.1. The Morgan fingerprint density at radius 3 is 2.42 bits per heavy atom. The smallest absolute Gasteiger partial charge is 0.411 e. The molecule has 0 aliphatic heterocycles. The molecular formula is C22H17ClN6O4. The van der Waals surface area contributed by atoms with Crippen LogP contribution in [0, 0.1) is 0 Å². The zero-order valence-electron chi connectivity index (χ0n) is 17.0. The SMILES string of the molecule is O=C(Nc1cc(Cl)cc(C(=O)Nc2ccc(-n3nn[nH]c3=O)cc2)c1)OCc1ccccc1. The zero-order chi connectivity index (χ0) is 23.2. The van der Waals surface area contributed by atoms with E-state index in [0.29, 0.717) is 17.1 Å². The van der Waals surface area contributed by atoms with Crippen molar-refractivity contribution < 1.29 is 14.3 Å². The molecule has 0 atom stereocenters. The van der Waals surface area contributed by atoms with Crippen LogP contribution < -0.4 is 16.3 Å². The molecule has 4 rings (SSSR count). The molecule has 0 radical (unpaired) electrons. The highest BCUT2D eigenvalue weighted by atomic mass is 35.5. The Morgan fingerprint density at radius 2 is 1.73 bits per heavy atom. The van der Waals surface area contributed by atoms with Gasteiger partial charge in [-0.2, -0.15) is 4.68 Å². The first-order chi connectivity index (χ1) is 16.0. The van der Waals surface area contributed by atoms with Crippen molar-refractivity contribution in [3.05, 3.63) is 99.4 Å². The number of halogens is 1. The maximum absolute atomic E-state index is 12.7. The lowest BCUT2D eigenvalue weighted by Crippen LogP contribution is -2.16. The van der Waals surface area contributed by atoms with E-state index in [0.717, 1.165) is 10.2 Å². The Hall–Kier alpha value is -4.44. The van der Waals surface area contributed by atoms with E-state index in [4.69, 9.17) is 16.3 Å². The molecule has 166 valence electrons. The van der Waals surface area contributed by atoms with E-state index in [1.165, 1.54) is 18.2 Å². The summed E-state index contributed by atoms with van der Waals surface area (Å²) in [6.07, 6.45) is -0.675. The van der Waals surface area contributed by atoms with E-state index in [2.05, 4.69) is 26.2 Å². The molecule has 4 aromatic rings. The lowest BCUT2D eigenvalue weighted by Gasteiger charge is -2.10. The number of rotatable bonds is 6. The third-order valence-electron chi connectivity index (χ3n) is 4.46. The first kappa shape index (κ1) is 21.8. The van der Waals surface area contributed by atoms with Crippen LogP contribution in [0.5, 0.6) is 0 Å². The van der Waals surface area contributed by atoms with E-state index in [-0.39, 0.29) is 17.2 Å². The second kappa shape index (κ2) is 9.79. The van der Waals surface area contributed by atoms with E-state index < -0.39 is 17.7 Å². The molecule has 3 aromatic carbocycles. The van der Waals surface area contributed by atoms with Gasteiger partial charge >= 0.3 is 11.8 Å². The van der Waals surface area contributed by atoms with Crippen LogP contribution in [0.1, 0.15) is 15.9 Å². The molecule has 3 N–H and O–H groups in total. The van der Waals surface area contributed by atoms with Crippen molar-refractivity contribution in [1.82, 2.24) is 20.2 Å². The fourth-order valence-electron chi connectivity index (χ4n) is 2.93. The molecular weight excluding hydrogens is 448 g/mol. The van der Waals surface area contributed by atoms with Crippen molar-refractivity contribution in [3.8, 4) is 5.69 Å². The first-order valence-corrected chi connectivity index (χ1v) is 10.1. The van der Waals surface area contributed by atoms with Gasteiger partial charge in [0.2, 0.25) is 0 Å². The fraction of sp³-hybridized carbons (Fsp3) is 0.0455. The predicted molar refractivity (Wildman–Crippen MR) is 122 cm³/mol. The summed E-state index contributed by atoms with van der Waals surface area (Å²) in [5.74, 6) is -0.440. The molecule has 10 nitrogen and oxygen atoms in total. The Morgan fingerprint density at radius 1 is 0.970 bits per heavy atom. The zero-order valence-corrected chi connectivity index (χ0v) is 17.7.